The predicted octanol–water partition coefficient (Wildman–Crippen LogP) is 2.50. The zero-order valence-corrected chi connectivity index (χ0v) is 10.8. The van der Waals surface area contributed by atoms with Crippen molar-refractivity contribution in [3.05, 3.63) is 30.1 Å². The molecule has 0 aliphatic heterocycles. The van der Waals surface area contributed by atoms with E-state index in [9.17, 15) is 13.2 Å². The van der Waals surface area contributed by atoms with Crippen molar-refractivity contribution in [2.24, 2.45) is 5.73 Å². The Balaban J connectivity index is 2.25. The fraction of sp³-hybridized carbons (Fsp3) is 0.615. The van der Waals surface area contributed by atoms with E-state index in [1.165, 1.54) is 4.90 Å². The van der Waals surface area contributed by atoms with Crippen molar-refractivity contribution in [1.29, 1.82) is 0 Å². The lowest BCUT2D eigenvalue weighted by molar-refractivity contribution is -0.153. The molecule has 3 nitrogen and oxygen atoms in total. The van der Waals surface area contributed by atoms with Crippen LogP contribution in [0.1, 0.15) is 31.4 Å². The summed E-state index contributed by atoms with van der Waals surface area (Å²) in [7, 11) is 0. The van der Waals surface area contributed by atoms with E-state index >= 15 is 0 Å². The van der Waals surface area contributed by atoms with Gasteiger partial charge >= 0.3 is 6.18 Å². The minimum atomic E-state index is -4.21. The van der Waals surface area contributed by atoms with Crippen LogP contribution in [0.2, 0.25) is 0 Å². The maximum atomic E-state index is 12.7. The third-order valence-electron chi connectivity index (χ3n) is 3.26. The molecule has 19 heavy (non-hydrogen) atoms. The summed E-state index contributed by atoms with van der Waals surface area (Å²) in [5.74, 6) is 0. The first-order chi connectivity index (χ1) is 8.88. The minimum Gasteiger partial charge on any atom is -0.326 e. The quantitative estimate of drug-likeness (QED) is 0.896. The summed E-state index contributed by atoms with van der Waals surface area (Å²) in [5, 5.41) is 0. The van der Waals surface area contributed by atoms with E-state index in [0.29, 0.717) is 0 Å². The number of rotatable bonds is 5. The van der Waals surface area contributed by atoms with Gasteiger partial charge in [-0.3, -0.25) is 9.88 Å². The van der Waals surface area contributed by atoms with E-state index in [-0.39, 0.29) is 12.1 Å². The normalized spacial score (nSPS) is 19.5. The van der Waals surface area contributed by atoms with Crippen molar-refractivity contribution in [3.8, 4) is 0 Å². The van der Waals surface area contributed by atoms with Gasteiger partial charge in [0.2, 0.25) is 0 Å². The van der Waals surface area contributed by atoms with Crippen LogP contribution in [0.3, 0.4) is 0 Å². The Morgan fingerprint density at radius 3 is 2.58 bits per heavy atom. The number of hydrogen-bond acceptors (Lipinski definition) is 3. The van der Waals surface area contributed by atoms with Gasteiger partial charge in [-0.25, -0.2) is 0 Å². The Bertz CT molecular complexity index is 401. The number of nitrogens with zero attached hydrogens (tertiary/aromatic N) is 2. The summed E-state index contributed by atoms with van der Waals surface area (Å²) in [4.78, 5) is 5.46. The minimum absolute atomic E-state index is 0.0159. The summed E-state index contributed by atoms with van der Waals surface area (Å²) in [5.41, 5.74) is 6.66. The summed E-state index contributed by atoms with van der Waals surface area (Å²) in [6.07, 6.45) is 0.601. The second-order valence-electron chi connectivity index (χ2n) is 5.11. The van der Waals surface area contributed by atoms with Crippen LogP contribution in [0.5, 0.6) is 0 Å². The van der Waals surface area contributed by atoms with Gasteiger partial charge in [-0.15, -0.1) is 0 Å². The molecule has 106 valence electrons. The third-order valence-corrected chi connectivity index (χ3v) is 3.26. The average molecular weight is 273 g/mol. The van der Waals surface area contributed by atoms with Crippen molar-refractivity contribution in [2.45, 2.75) is 44.1 Å². The Labute approximate surface area is 110 Å². The maximum Gasteiger partial charge on any atom is 0.401 e. The van der Waals surface area contributed by atoms with Crippen molar-refractivity contribution < 1.29 is 13.2 Å². The van der Waals surface area contributed by atoms with Crippen LogP contribution >= 0.6 is 0 Å². The van der Waals surface area contributed by atoms with Crippen molar-refractivity contribution in [2.75, 3.05) is 6.54 Å². The van der Waals surface area contributed by atoms with Gasteiger partial charge in [0.15, 0.2) is 0 Å². The van der Waals surface area contributed by atoms with Crippen LogP contribution in [-0.2, 0) is 0 Å². The molecule has 1 aliphatic rings. The molecular weight excluding hydrogens is 255 g/mol. The van der Waals surface area contributed by atoms with Gasteiger partial charge in [0, 0.05) is 24.5 Å². The molecule has 1 aromatic rings. The van der Waals surface area contributed by atoms with E-state index in [2.05, 4.69) is 4.98 Å². The number of halogens is 3. The van der Waals surface area contributed by atoms with Crippen molar-refractivity contribution in [3.63, 3.8) is 0 Å². The molecule has 6 heteroatoms. The largest absolute Gasteiger partial charge is 0.401 e. The lowest BCUT2D eigenvalue weighted by Gasteiger charge is -2.35. The van der Waals surface area contributed by atoms with Crippen LogP contribution in [-0.4, -0.2) is 34.7 Å². The highest BCUT2D eigenvalue weighted by Crippen LogP contribution is 2.37. The lowest BCUT2D eigenvalue weighted by Crippen LogP contribution is -2.45. The second kappa shape index (κ2) is 5.46. The third kappa shape index (κ3) is 3.91. The molecule has 2 N–H and O–H groups in total. The Kier molecular flexibility index (Phi) is 4.10. The molecular formula is C13H18F3N3. The zero-order valence-electron chi connectivity index (χ0n) is 10.8. The van der Waals surface area contributed by atoms with Gasteiger partial charge < -0.3 is 5.73 Å². The fourth-order valence-corrected chi connectivity index (χ4v) is 2.42. The van der Waals surface area contributed by atoms with Gasteiger partial charge in [0.25, 0.3) is 0 Å². The van der Waals surface area contributed by atoms with Crippen LogP contribution in [0.4, 0.5) is 13.2 Å². The molecule has 2 atom stereocenters. The Hall–Kier alpha value is -1.14. The van der Waals surface area contributed by atoms with Crippen LogP contribution < -0.4 is 5.73 Å². The standard InChI is InChI=1S/C13H18F3N3/c1-9(17)12(10-3-2-6-18-7-10)19(11-4-5-11)8-13(14,15)16/h2-3,6-7,9,11-12H,4-5,8,17H2,1H3. The van der Waals surface area contributed by atoms with Crippen LogP contribution in [0.25, 0.3) is 0 Å². The molecule has 0 spiro atoms. The summed E-state index contributed by atoms with van der Waals surface area (Å²) in [6, 6.07) is 2.67. The van der Waals surface area contributed by atoms with Crippen molar-refractivity contribution in [1.82, 2.24) is 9.88 Å². The highest BCUT2D eigenvalue weighted by Gasteiger charge is 2.42. The Morgan fingerprint density at radius 1 is 1.47 bits per heavy atom. The molecule has 1 saturated carbocycles. The van der Waals surface area contributed by atoms with E-state index in [0.717, 1.165) is 18.4 Å². The molecule has 1 aromatic heterocycles. The van der Waals surface area contributed by atoms with Crippen molar-refractivity contribution >= 4 is 0 Å². The predicted molar refractivity (Wildman–Crippen MR) is 66.4 cm³/mol. The molecule has 1 fully saturated rings. The molecule has 0 bridgehead atoms. The van der Waals surface area contributed by atoms with E-state index in [1.807, 2.05) is 0 Å². The number of nitrogens with two attached hydrogens (primary N) is 1. The highest BCUT2D eigenvalue weighted by molar-refractivity contribution is 5.17. The van der Waals surface area contributed by atoms with Gasteiger partial charge in [0.1, 0.15) is 0 Å². The van der Waals surface area contributed by atoms with E-state index in [1.54, 1.807) is 31.5 Å². The number of alkyl halides is 3. The smallest absolute Gasteiger partial charge is 0.326 e. The van der Waals surface area contributed by atoms with E-state index < -0.39 is 18.8 Å². The average Bonchev–Trinajstić information content (AvgIpc) is 3.11. The van der Waals surface area contributed by atoms with Gasteiger partial charge in [-0.05, 0) is 31.4 Å². The lowest BCUT2D eigenvalue weighted by atomic mass is 10.0. The first-order valence-electron chi connectivity index (χ1n) is 6.36. The SMILES string of the molecule is CC(N)C(c1cccnc1)N(CC(F)(F)F)C1CC1. The zero-order chi connectivity index (χ0) is 14.0. The first-order valence-corrected chi connectivity index (χ1v) is 6.36. The fourth-order valence-electron chi connectivity index (χ4n) is 2.42. The monoisotopic (exact) mass is 273 g/mol. The van der Waals surface area contributed by atoms with Gasteiger partial charge in [-0.1, -0.05) is 6.07 Å². The molecule has 2 rings (SSSR count). The molecule has 1 aliphatic carbocycles. The van der Waals surface area contributed by atoms with E-state index in [4.69, 9.17) is 5.73 Å². The molecule has 2 unspecified atom stereocenters. The molecule has 1 heterocycles. The van der Waals surface area contributed by atoms with Crippen LogP contribution in [0.15, 0.2) is 24.5 Å². The number of pyridine rings is 1. The van der Waals surface area contributed by atoms with Crippen LogP contribution in [0, 0.1) is 0 Å². The highest BCUT2D eigenvalue weighted by atomic mass is 19.4. The second-order valence-corrected chi connectivity index (χ2v) is 5.11. The van der Waals surface area contributed by atoms with Gasteiger partial charge in [-0.2, -0.15) is 13.2 Å². The summed E-state index contributed by atoms with van der Waals surface area (Å²) >= 11 is 0. The molecule has 0 radical (unpaired) electrons. The molecule has 0 aromatic carbocycles. The first kappa shape index (κ1) is 14.3. The molecule has 0 saturated heterocycles. The maximum absolute atomic E-state index is 12.7. The summed E-state index contributed by atoms with van der Waals surface area (Å²) < 4.78 is 38.2. The Morgan fingerprint density at radius 2 is 2.16 bits per heavy atom. The number of hydrogen-bond donors (Lipinski definition) is 1. The summed E-state index contributed by atoms with van der Waals surface area (Å²) in [6.45, 7) is 0.822. The number of aromatic nitrogens is 1. The van der Waals surface area contributed by atoms with Gasteiger partial charge in [0.05, 0.1) is 12.6 Å². The topological polar surface area (TPSA) is 42.1 Å². The molecule has 0 amide bonds.